The first-order valence-corrected chi connectivity index (χ1v) is 12.4. The first-order valence-electron chi connectivity index (χ1n) is 12.4. The first kappa shape index (κ1) is 24.3. The molecule has 0 unspecified atom stereocenters. The maximum Gasteiger partial charge on any atom is 0.253 e. The van der Waals surface area contributed by atoms with Crippen LogP contribution in [-0.4, -0.2) is 43.0 Å². The molecule has 3 aromatic carbocycles. The van der Waals surface area contributed by atoms with E-state index in [9.17, 15) is 9.59 Å². The molecule has 4 rings (SSSR count). The lowest BCUT2D eigenvalue weighted by atomic mass is 10.1. The van der Waals surface area contributed by atoms with Gasteiger partial charge in [-0.2, -0.15) is 0 Å². The molecule has 0 radical (unpaired) electrons. The topological polar surface area (TPSA) is 70.7 Å². The molecule has 1 heterocycles. The van der Waals surface area contributed by atoms with Crippen LogP contribution in [0.2, 0.25) is 0 Å². The lowest BCUT2D eigenvalue weighted by Gasteiger charge is -2.26. The smallest absolute Gasteiger partial charge is 0.253 e. The third kappa shape index (κ3) is 7.60. The van der Waals surface area contributed by atoms with Crippen LogP contribution in [0.15, 0.2) is 78.9 Å². The molecule has 1 aliphatic heterocycles. The molecule has 2 amide bonds. The van der Waals surface area contributed by atoms with Gasteiger partial charge in [-0.15, -0.1) is 0 Å². The van der Waals surface area contributed by atoms with E-state index in [1.807, 2.05) is 71.6 Å². The van der Waals surface area contributed by atoms with Gasteiger partial charge in [-0.05, 0) is 74.1 Å². The maximum atomic E-state index is 12.6. The second-order valence-electron chi connectivity index (χ2n) is 8.80. The average Bonchev–Trinajstić information content (AvgIpc) is 2.91. The van der Waals surface area contributed by atoms with E-state index in [1.165, 1.54) is 12.0 Å². The lowest BCUT2D eigenvalue weighted by Crippen LogP contribution is -2.35. The van der Waals surface area contributed by atoms with Crippen molar-refractivity contribution in [2.75, 3.05) is 36.9 Å². The Balaban J connectivity index is 1.19. The molecule has 6 heteroatoms. The summed E-state index contributed by atoms with van der Waals surface area (Å²) in [5, 5.41) is 6.01. The number of benzene rings is 3. The van der Waals surface area contributed by atoms with Gasteiger partial charge in [0.25, 0.3) is 5.91 Å². The number of nitrogens with one attached hydrogen (secondary N) is 2. The summed E-state index contributed by atoms with van der Waals surface area (Å²) >= 11 is 0. The molecular formula is C29H33N3O3. The number of carbonyl (C=O) groups excluding carboxylic acids is 2. The molecule has 0 saturated carbocycles. The predicted octanol–water partition coefficient (Wildman–Crippen LogP) is 5.37. The number of carbonyl (C=O) groups is 2. The molecule has 182 valence electrons. The van der Waals surface area contributed by atoms with Crippen molar-refractivity contribution in [2.24, 2.45) is 0 Å². The summed E-state index contributed by atoms with van der Waals surface area (Å²) in [7, 11) is 0. The zero-order chi connectivity index (χ0) is 24.3. The van der Waals surface area contributed by atoms with E-state index in [1.54, 1.807) is 0 Å². The Bertz CT molecular complexity index is 1090. The van der Waals surface area contributed by atoms with Crippen LogP contribution in [-0.2, 0) is 11.2 Å². The zero-order valence-corrected chi connectivity index (χ0v) is 20.0. The quantitative estimate of drug-likeness (QED) is 0.390. The first-order chi connectivity index (χ1) is 17.2. The van der Waals surface area contributed by atoms with Gasteiger partial charge in [0, 0.05) is 36.1 Å². The van der Waals surface area contributed by atoms with Gasteiger partial charge in [0.15, 0.2) is 0 Å². The monoisotopic (exact) mass is 471 g/mol. The van der Waals surface area contributed by atoms with Crippen molar-refractivity contribution >= 4 is 23.2 Å². The summed E-state index contributed by atoms with van der Waals surface area (Å²) in [4.78, 5) is 26.9. The second-order valence-corrected chi connectivity index (χ2v) is 8.80. The number of anilines is 2. The van der Waals surface area contributed by atoms with Crippen LogP contribution in [0.3, 0.4) is 0 Å². The zero-order valence-electron chi connectivity index (χ0n) is 20.0. The van der Waals surface area contributed by atoms with E-state index in [2.05, 4.69) is 22.8 Å². The van der Waals surface area contributed by atoms with Gasteiger partial charge in [0.2, 0.25) is 5.91 Å². The number of likely N-dealkylation sites (tertiary alicyclic amines) is 1. The molecule has 1 saturated heterocycles. The summed E-state index contributed by atoms with van der Waals surface area (Å²) in [5.74, 6) is 0.661. The van der Waals surface area contributed by atoms with Crippen molar-refractivity contribution in [1.82, 2.24) is 4.90 Å². The van der Waals surface area contributed by atoms with Gasteiger partial charge < -0.3 is 20.3 Å². The summed E-state index contributed by atoms with van der Waals surface area (Å²) in [6.07, 6.45) is 5.23. The number of amides is 2. The highest BCUT2D eigenvalue weighted by molar-refractivity contribution is 5.95. The Labute approximate surface area is 207 Å². The highest BCUT2D eigenvalue weighted by Crippen LogP contribution is 2.18. The average molecular weight is 472 g/mol. The van der Waals surface area contributed by atoms with Gasteiger partial charge >= 0.3 is 0 Å². The number of ether oxygens (including phenoxy) is 1. The standard InChI is InChI=1S/C29H33N3O3/c33-28(22-30-25-16-14-24(15-17-25)29(34)32-18-5-2-6-19-32)31-26-12-7-13-27(21-26)35-20-8-11-23-9-3-1-4-10-23/h1,3-4,7,9-10,12-17,21,30H,2,5-6,8,11,18-20,22H2,(H,31,33). The van der Waals surface area contributed by atoms with Crippen molar-refractivity contribution in [3.8, 4) is 5.75 Å². The van der Waals surface area contributed by atoms with Gasteiger partial charge in [-0.1, -0.05) is 36.4 Å². The molecule has 6 nitrogen and oxygen atoms in total. The summed E-state index contributed by atoms with van der Waals surface area (Å²) < 4.78 is 5.86. The normalized spacial score (nSPS) is 13.2. The van der Waals surface area contributed by atoms with Gasteiger partial charge in [-0.3, -0.25) is 9.59 Å². The minimum absolute atomic E-state index is 0.0798. The number of aryl methyl sites for hydroxylation is 1. The van der Waals surface area contributed by atoms with Crippen molar-refractivity contribution in [1.29, 1.82) is 0 Å². The van der Waals surface area contributed by atoms with Crippen molar-refractivity contribution in [3.63, 3.8) is 0 Å². The van der Waals surface area contributed by atoms with E-state index in [-0.39, 0.29) is 18.4 Å². The fourth-order valence-corrected chi connectivity index (χ4v) is 4.17. The number of piperidine rings is 1. The molecule has 1 fully saturated rings. The molecule has 3 aromatic rings. The van der Waals surface area contributed by atoms with E-state index in [0.717, 1.165) is 50.2 Å². The number of nitrogens with zero attached hydrogens (tertiary/aromatic N) is 1. The summed E-state index contributed by atoms with van der Waals surface area (Å²) in [5.41, 5.74) is 3.47. The summed E-state index contributed by atoms with van der Waals surface area (Å²) in [6, 6.07) is 25.1. The van der Waals surface area contributed by atoms with Crippen LogP contribution in [0, 0.1) is 0 Å². The SMILES string of the molecule is O=C(CNc1ccc(C(=O)N2CCCCC2)cc1)Nc1cccc(OCCCc2ccccc2)c1. The van der Waals surface area contributed by atoms with Crippen molar-refractivity contribution < 1.29 is 14.3 Å². The molecular weight excluding hydrogens is 438 g/mol. The summed E-state index contributed by atoms with van der Waals surface area (Å²) in [6.45, 7) is 2.41. The number of hydrogen-bond acceptors (Lipinski definition) is 4. The Morgan fingerprint density at radius 2 is 1.60 bits per heavy atom. The molecule has 0 bridgehead atoms. The fourth-order valence-electron chi connectivity index (χ4n) is 4.17. The highest BCUT2D eigenvalue weighted by atomic mass is 16.5. The number of hydrogen-bond donors (Lipinski definition) is 2. The Hall–Kier alpha value is -3.80. The molecule has 1 aliphatic rings. The molecule has 0 aromatic heterocycles. The number of rotatable bonds is 10. The van der Waals surface area contributed by atoms with Crippen LogP contribution in [0.5, 0.6) is 5.75 Å². The Kier molecular flexibility index (Phi) is 8.76. The van der Waals surface area contributed by atoms with E-state index in [0.29, 0.717) is 17.9 Å². The highest BCUT2D eigenvalue weighted by Gasteiger charge is 2.17. The van der Waals surface area contributed by atoms with E-state index >= 15 is 0 Å². The Morgan fingerprint density at radius 3 is 2.37 bits per heavy atom. The van der Waals surface area contributed by atoms with Crippen LogP contribution >= 0.6 is 0 Å². The third-order valence-electron chi connectivity index (χ3n) is 6.07. The molecule has 0 atom stereocenters. The Morgan fingerprint density at radius 1 is 0.829 bits per heavy atom. The molecule has 0 aliphatic carbocycles. The van der Waals surface area contributed by atoms with E-state index < -0.39 is 0 Å². The fraction of sp³-hybridized carbons (Fsp3) is 0.310. The van der Waals surface area contributed by atoms with Crippen molar-refractivity contribution in [3.05, 3.63) is 90.0 Å². The minimum Gasteiger partial charge on any atom is -0.494 e. The van der Waals surface area contributed by atoms with Crippen LogP contribution in [0.25, 0.3) is 0 Å². The van der Waals surface area contributed by atoms with Crippen molar-refractivity contribution in [2.45, 2.75) is 32.1 Å². The largest absolute Gasteiger partial charge is 0.494 e. The van der Waals surface area contributed by atoms with E-state index in [4.69, 9.17) is 4.74 Å². The second kappa shape index (κ2) is 12.6. The van der Waals surface area contributed by atoms with Gasteiger partial charge in [0.05, 0.1) is 13.2 Å². The minimum atomic E-state index is -0.153. The van der Waals surface area contributed by atoms with Gasteiger partial charge in [-0.25, -0.2) is 0 Å². The predicted molar refractivity (Wildman–Crippen MR) is 140 cm³/mol. The van der Waals surface area contributed by atoms with Crippen LogP contribution in [0.4, 0.5) is 11.4 Å². The van der Waals surface area contributed by atoms with Crippen LogP contribution < -0.4 is 15.4 Å². The molecule has 2 N–H and O–H groups in total. The maximum absolute atomic E-state index is 12.6. The third-order valence-corrected chi connectivity index (χ3v) is 6.07. The van der Waals surface area contributed by atoms with Gasteiger partial charge in [0.1, 0.15) is 5.75 Å². The lowest BCUT2D eigenvalue weighted by molar-refractivity contribution is -0.114. The molecule has 0 spiro atoms. The van der Waals surface area contributed by atoms with Crippen LogP contribution in [0.1, 0.15) is 41.6 Å². The molecule has 35 heavy (non-hydrogen) atoms.